The van der Waals surface area contributed by atoms with E-state index in [1.165, 1.54) is 0 Å². The Labute approximate surface area is 144 Å². The van der Waals surface area contributed by atoms with Gasteiger partial charge in [-0.2, -0.15) is 0 Å². The van der Waals surface area contributed by atoms with Crippen molar-refractivity contribution in [2.45, 2.75) is 45.4 Å². The number of aliphatic hydroxyl groups excluding tert-OH is 1. The zero-order valence-electron chi connectivity index (χ0n) is 13.6. The SMILES string of the molecule is CCOC(=O)[C@@H](NC(=O)OC(C)(C)C)[C@@H](O)c1cccc(Br)c1. The fraction of sp³-hybridized carbons (Fsp3) is 0.500. The summed E-state index contributed by atoms with van der Waals surface area (Å²) < 4.78 is 10.8. The summed E-state index contributed by atoms with van der Waals surface area (Å²) in [5.74, 6) is -0.731. The standard InChI is InChI=1S/C16H22BrNO5/c1-5-22-14(20)12(18-15(21)23-16(2,3)4)13(19)10-7-6-8-11(17)9-10/h6-9,12-13,19H,5H2,1-4H3,(H,18,21)/t12-,13-/m0/s1. The van der Waals surface area contributed by atoms with Crippen LogP contribution in [0.4, 0.5) is 4.79 Å². The maximum Gasteiger partial charge on any atom is 0.408 e. The molecular weight excluding hydrogens is 366 g/mol. The summed E-state index contributed by atoms with van der Waals surface area (Å²) >= 11 is 3.30. The summed E-state index contributed by atoms with van der Waals surface area (Å²) in [4.78, 5) is 24.0. The molecule has 1 aromatic carbocycles. The Morgan fingerprint density at radius 1 is 1.35 bits per heavy atom. The van der Waals surface area contributed by atoms with Gasteiger partial charge in [-0.05, 0) is 45.4 Å². The smallest absolute Gasteiger partial charge is 0.408 e. The molecule has 0 spiro atoms. The Bertz CT molecular complexity index is 556. The first-order valence-corrected chi connectivity index (χ1v) is 8.03. The summed E-state index contributed by atoms with van der Waals surface area (Å²) in [7, 11) is 0. The van der Waals surface area contributed by atoms with Crippen molar-refractivity contribution in [3.05, 3.63) is 34.3 Å². The van der Waals surface area contributed by atoms with Crippen LogP contribution in [-0.4, -0.2) is 35.4 Å². The molecule has 23 heavy (non-hydrogen) atoms. The normalized spacial score (nSPS) is 13.8. The molecule has 6 nitrogen and oxygen atoms in total. The molecule has 1 amide bonds. The highest BCUT2D eigenvalue weighted by molar-refractivity contribution is 9.10. The lowest BCUT2D eigenvalue weighted by Crippen LogP contribution is -2.47. The molecule has 0 saturated carbocycles. The number of esters is 1. The second kappa shape index (κ2) is 8.31. The molecule has 0 saturated heterocycles. The van der Waals surface area contributed by atoms with E-state index < -0.39 is 29.8 Å². The number of alkyl carbamates (subject to hydrolysis) is 1. The number of rotatable bonds is 5. The minimum absolute atomic E-state index is 0.135. The molecule has 0 unspecified atom stereocenters. The largest absolute Gasteiger partial charge is 0.464 e. The molecule has 1 aromatic rings. The Morgan fingerprint density at radius 2 is 2.00 bits per heavy atom. The van der Waals surface area contributed by atoms with Crippen molar-refractivity contribution in [1.82, 2.24) is 5.32 Å². The van der Waals surface area contributed by atoms with Gasteiger partial charge in [-0.15, -0.1) is 0 Å². The molecule has 0 bridgehead atoms. The highest BCUT2D eigenvalue weighted by Gasteiger charge is 2.32. The second-order valence-electron chi connectivity index (χ2n) is 5.88. The van der Waals surface area contributed by atoms with Crippen molar-refractivity contribution >= 4 is 28.0 Å². The van der Waals surface area contributed by atoms with E-state index in [-0.39, 0.29) is 6.61 Å². The zero-order valence-corrected chi connectivity index (χ0v) is 15.2. The first-order chi connectivity index (χ1) is 10.6. The fourth-order valence-corrected chi connectivity index (χ4v) is 2.23. The fourth-order valence-electron chi connectivity index (χ4n) is 1.82. The summed E-state index contributed by atoms with van der Waals surface area (Å²) in [6, 6.07) is 5.56. The maximum atomic E-state index is 12.1. The van der Waals surface area contributed by atoms with E-state index in [2.05, 4.69) is 21.2 Å². The van der Waals surface area contributed by atoms with Gasteiger partial charge in [0.25, 0.3) is 0 Å². The molecule has 2 N–H and O–H groups in total. The number of halogens is 1. The Balaban J connectivity index is 2.96. The highest BCUT2D eigenvalue weighted by atomic mass is 79.9. The highest BCUT2D eigenvalue weighted by Crippen LogP contribution is 2.22. The Kier molecular flexibility index (Phi) is 7.02. The van der Waals surface area contributed by atoms with E-state index in [1.54, 1.807) is 52.0 Å². The van der Waals surface area contributed by atoms with E-state index in [1.807, 2.05) is 0 Å². The summed E-state index contributed by atoms with van der Waals surface area (Å²) in [6.07, 6.45) is -2.07. The minimum atomic E-state index is -1.26. The van der Waals surface area contributed by atoms with E-state index in [9.17, 15) is 14.7 Å². The van der Waals surface area contributed by atoms with Crippen molar-refractivity contribution < 1.29 is 24.2 Å². The number of hydrogen-bond acceptors (Lipinski definition) is 5. The van der Waals surface area contributed by atoms with Gasteiger partial charge in [-0.25, -0.2) is 9.59 Å². The van der Waals surface area contributed by atoms with Crippen LogP contribution in [-0.2, 0) is 14.3 Å². The molecule has 0 fully saturated rings. The third-order valence-corrected chi connectivity index (χ3v) is 3.21. The van der Waals surface area contributed by atoms with Crippen molar-refractivity contribution in [3.63, 3.8) is 0 Å². The van der Waals surface area contributed by atoms with Gasteiger partial charge < -0.3 is 19.9 Å². The lowest BCUT2D eigenvalue weighted by Gasteiger charge is -2.25. The average Bonchev–Trinajstić information content (AvgIpc) is 2.42. The van der Waals surface area contributed by atoms with Crippen LogP contribution in [0.1, 0.15) is 39.4 Å². The van der Waals surface area contributed by atoms with Crippen LogP contribution in [0.15, 0.2) is 28.7 Å². The molecule has 0 aliphatic heterocycles. The quantitative estimate of drug-likeness (QED) is 0.758. The lowest BCUT2D eigenvalue weighted by atomic mass is 10.0. The predicted octanol–water partition coefficient (Wildman–Crippen LogP) is 2.94. The van der Waals surface area contributed by atoms with Gasteiger partial charge in [0.1, 0.15) is 11.7 Å². The number of benzene rings is 1. The number of ether oxygens (including phenoxy) is 2. The van der Waals surface area contributed by atoms with Crippen molar-refractivity contribution in [2.24, 2.45) is 0 Å². The van der Waals surface area contributed by atoms with E-state index >= 15 is 0 Å². The molecule has 0 aliphatic rings. The number of hydrogen-bond donors (Lipinski definition) is 2. The van der Waals surface area contributed by atoms with Crippen LogP contribution in [0.5, 0.6) is 0 Å². The molecule has 0 radical (unpaired) electrons. The first-order valence-electron chi connectivity index (χ1n) is 7.23. The van der Waals surface area contributed by atoms with Crippen LogP contribution in [0.2, 0.25) is 0 Å². The van der Waals surface area contributed by atoms with Gasteiger partial charge in [-0.1, -0.05) is 28.1 Å². The average molecular weight is 388 g/mol. The Hall–Kier alpha value is -1.60. The number of carbonyl (C=O) groups excluding carboxylic acids is 2. The number of aliphatic hydroxyl groups is 1. The van der Waals surface area contributed by atoms with Crippen LogP contribution in [0, 0.1) is 0 Å². The second-order valence-corrected chi connectivity index (χ2v) is 6.79. The van der Waals surface area contributed by atoms with Crippen molar-refractivity contribution in [3.8, 4) is 0 Å². The lowest BCUT2D eigenvalue weighted by molar-refractivity contribution is -0.148. The number of amides is 1. The third-order valence-electron chi connectivity index (χ3n) is 2.72. The maximum absolute atomic E-state index is 12.1. The van der Waals surface area contributed by atoms with Crippen LogP contribution in [0.25, 0.3) is 0 Å². The van der Waals surface area contributed by atoms with E-state index in [0.29, 0.717) is 5.56 Å². The molecule has 128 valence electrons. The molecule has 7 heteroatoms. The molecule has 1 rings (SSSR count). The van der Waals surface area contributed by atoms with Gasteiger partial charge >= 0.3 is 12.1 Å². The van der Waals surface area contributed by atoms with Gasteiger partial charge in [-0.3, -0.25) is 0 Å². The van der Waals surface area contributed by atoms with Gasteiger partial charge in [0, 0.05) is 4.47 Å². The Morgan fingerprint density at radius 3 is 2.52 bits per heavy atom. The summed E-state index contributed by atoms with van der Waals surface area (Å²) in [6.45, 7) is 6.90. The minimum Gasteiger partial charge on any atom is -0.464 e. The topological polar surface area (TPSA) is 84.9 Å². The van der Waals surface area contributed by atoms with E-state index in [4.69, 9.17) is 9.47 Å². The predicted molar refractivity (Wildman–Crippen MR) is 88.9 cm³/mol. The molecular formula is C16H22BrNO5. The van der Waals surface area contributed by atoms with Crippen LogP contribution in [0.3, 0.4) is 0 Å². The molecule has 0 aliphatic carbocycles. The zero-order chi connectivity index (χ0) is 17.6. The summed E-state index contributed by atoms with van der Waals surface area (Å²) in [5.41, 5.74) is -0.252. The van der Waals surface area contributed by atoms with E-state index in [0.717, 1.165) is 4.47 Å². The molecule has 0 aromatic heterocycles. The monoisotopic (exact) mass is 387 g/mol. The molecule has 0 heterocycles. The van der Waals surface area contributed by atoms with Gasteiger partial charge in [0.05, 0.1) is 6.61 Å². The third kappa shape index (κ3) is 6.58. The van der Waals surface area contributed by atoms with Gasteiger partial charge in [0.2, 0.25) is 0 Å². The van der Waals surface area contributed by atoms with Gasteiger partial charge in [0.15, 0.2) is 6.04 Å². The summed E-state index contributed by atoms with van der Waals surface area (Å²) in [5, 5.41) is 12.8. The first kappa shape index (κ1) is 19.4. The number of carbonyl (C=O) groups is 2. The van der Waals surface area contributed by atoms with Crippen molar-refractivity contribution in [1.29, 1.82) is 0 Å². The number of nitrogens with one attached hydrogen (secondary N) is 1. The molecule has 2 atom stereocenters. The van der Waals surface area contributed by atoms with Crippen LogP contribution < -0.4 is 5.32 Å². The van der Waals surface area contributed by atoms with Crippen molar-refractivity contribution in [2.75, 3.05) is 6.61 Å². The van der Waals surface area contributed by atoms with Crippen LogP contribution >= 0.6 is 15.9 Å².